The number of benzene rings is 1. The second kappa shape index (κ2) is 6.45. The number of hydrogen-bond acceptors (Lipinski definition) is 3. The van der Waals surface area contributed by atoms with Crippen LogP contribution in [-0.2, 0) is 0 Å². The Morgan fingerprint density at radius 2 is 2.33 bits per heavy atom. The predicted molar refractivity (Wildman–Crippen MR) is 74.7 cm³/mol. The van der Waals surface area contributed by atoms with Crippen LogP contribution in [0.25, 0.3) is 0 Å². The first kappa shape index (κ1) is 13.7. The van der Waals surface area contributed by atoms with Gasteiger partial charge in [-0.3, -0.25) is 4.79 Å². The van der Waals surface area contributed by atoms with Crippen molar-refractivity contribution in [1.82, 2.24) is 4.90 Å². The number of rotatable bonds is 5. The van der Waals surface area contributed by atoms with Gasteiger partial charge in [0.25, 0.3) is 0 Å². The summed E-state index contributed by atoms with van der Waals surface area (Å²) in [6, 6.07) is 7.52. The molecule has 0 bridgehead atoms. The van der Waals surface area contributed by atoms with Gasteiger partial charge in [0.1, 0.15) is 0 Å². The average molecular weight is 312 g/mol. The highest BCUT2D eigenvalue weighted by molar-refractivity contribution is 9.10. The SMILES string of the molecule is O=C(CCN1CCC(CO)C1)c1cccc(Br)c1. The molecule has 1 aliphatic rings. The number of carbonyl (C=O) groups is 1. The smallest absolute Gasteiger partial charge is 0.164 e. The van der Waals surface area contributed by atoms with Crippen molar-refractivity contribution in [2.45, 2.75) is 12.8 Å². The van der Waals surface area contributed by atoms with Gasteiger partial charge in [0, 0.05) is 36.2 Å². The fraction of sp³-hybridized carbons (Fsp3) is 0.500. The molecule has 98 valence electrons. The van der Waals surface area contributed by atoms with Gasteiger partial charge in [-0.2, -0.15) is 0 Å². The number of carbonyl (C=O) groups excluding carboxylic acids is 1. The predicted octanol–water partition coefficient (Wildman–Crippen LogP) is 2.34. The van der Waals surface area contributed by atoms with Crippen molar-refractivity contribution in [3.8, 4) is 0 Å². The van der Waals surface area contributed by atoms with Crippen molar-refractivity contribution in [2.24, 2.45) is 5.92 Å². The number of ketones is 1. The van der Waals surface area contributed by atoms with Crippen LogP contribution in [0.15, 0.2) is 28.7 Å². The highest BCUT2D eigenvalue weighted by Crippen LogP contribution is 2.17. The zero-order chi connectivity index (χ0) is 13.0. The minimum Gasteiger partial charge on any atom is -0.396 e. The van der Waals surface area contributed by atoms with Gasteiger partial charge in [-0.15, -0.1) is 0 Å². The molecule has 1 aliphatic heterocycles. The summed E-state index contributed by atoms with van der Waals surface area (Å²) in [5, 5.41) is 9.07. The van der Waals surface area contributed by atoms with Gasteiger partial charge in [-0.25, -0.2) is 0 Å². The van der Waals surface area contributed by atoms with Crippen molar-refractivity contribution in [1.29, 1.82) is 0 Å². The van der Waals surface area contributed by atoms with Crippen LogP contribution in [0.4, 0.5) is 0 Å². The monoisotopic (exact) mass is 311 g/mol. The van der Waals surface area contributed by atoms with Crippen molar-refractivity contribution in [3.05, 3.63) is 34.3 Å². The first-order valence-corrected chi connectivity index (χ1v) is 7.10. The molecule has 0 spiro atoms. The molecule has 1 atom stereocenters. The van der Waals surface area contributed by atoms with E-state index in [1.807, 2.05) is 24.3 Å². The Labute approximate surface area is 116 Å². The topological polar surface area (TPSA) is 40.5 Å². The third-order valence-corrected chi connectivity index (χ3v) is 3.92. The van der Waals surface area contributed by atoms with E-state index in [0.717, 1.165) is 36.1 Å². The minimum absolute atomic E-state index is 0.184. The maximum Gasteiger partial charge on any atom is 0.164 e. The van der Waals surface area contributed by atoms with E-state index in [1.165, 1.54) is 0 Å². The fourth-order valence-corrected chi connectivity index (χ4v) is 2.73. The summed E-state index contributed by atoms with van der Waals surface area (Å²) in [6.45, 7) is 2.97. The van der Waals surface area contributed by atoms with E-state index in [9.17, 15) is 4.79 Å². The van der Waals surface area contributed by atoms with Gasteiger partial charge in [0.05, 0.1) is 0 Å². The number of nitrogens with zero attached hydrogens (tertiary/aromatic N) is 1. The standard InChI is InChI=1S/C14H18BrNO2/c15-13-3-1-2-12(8-13)14(18)5-7-16-6-4-11(9-16)10-17/h1-3,8,11,17H,4-7,9-10H2. The Kier molecular flexibility index (Phi) is 4.92. The number of aliphatic hydroxyl groups excluding tert-OH is 1. The lowest BCUT2D eigenvalue weighted by Gasteiger charge is -2.14. The highest BCUT2D eigenvalue weighted by atomic mass is 79.9. The highest BCUT2D eigenvalue weighted by Gasteiger charge is 2.21. The van der Waals surface area contributed by atoms with E-state index >= 15 is 0 Å². The van der Waals surface area contributed by atoms with E-state index in [4.69, 9.17) is 5.11 Å². The van der Waals surface area contributed by atoms with Crippen LogP contribution < -0.4 is 0 Å². The third-order valence-electron chi connectivity index (χ3n) is 3.43. The van der Waals surface area contributed by atoms with Crippen LogP contribution in [0.1, 0.15) is 23.2 Å². The largest absolute Gasteiger partial charge is 0.396 e. The molecule has 1 saturated heterocycles. The van der Waals surface area contributed by atoms with Crippen molar-refractivity contribution in [2.75, 3.05) is 26.2 Å². The summed E-state index contributed by atoms with van der Waals surface area (Å²) in [5.74, 6) is 0.578. The molecule has 1 aromatic rings. The Hall–Kier alpha value is -0.710. The Morgan fingerprint density at radius 3 is 3.00 bits per heavy atom. The van der Waals surface area contributed by atoms with Gasteiger partial charge in [-0.1, -0.05) is 28.1 Å². The molecule has 1 heterocycles. The van der Waals surface area contributed by atoms with Crippen molar-refractivity contribution < 1.29 is 9.90 Å². The lowest BCUT2D eigenvalue weighted by molar-refractivity contribution is 0.0967. The van der Waals surface area contributed by atoms with Crippen LogP contribution in [-0.4, -0.2) is 42.0 Å². The van der Waals surface area contributed by atoms with E-state index < -0.39 is 0 Å². The summed E-state index contributed by atoms with van der Waals surface area (Å²) in [4.78, 5) is 14.3. The molecule has 1 fully saturated rings. The quantitative estimate of drug-likeness (QED) is 0.849. The first-order chi connectivity index (χ1) is 8.69. The Morgan fingerprint density at radius 1 is 1.50 bits per heavy atom. The van der Waals surface area contributed by atoms with Crippen LogP contribution in [0.5, 0.6) is 0 Å². The maximum atomic E-state index is 12.0. The lowest BCUT2D eigenvalue weighted by atomic mass is 10.1. The third kappa shape index (κ3) is 3.64. The van der Waals surface area contributed by atoms with Crippen LogP contribution >= 0.6 is 15.9 Å². The molecule has 0 saturated carbocycles. The van der Waals surface area contributed by atoms with Gasteiger partial charge < -0.3 is 10.0 Å². The van der Waals surface area contributed by atoms with Crippen LogP contribution in [0.3, 0.4) is 0 Å². The lowest BCUT2D eigenvalue weighted by Crippen LogP contribution is -2.24. The fourth-order valence-electron chi connectivity index (χ4n) is 2.33. The molecule has 0 aromatic heterocycles. The average Bonchev–Trinajstić information content (AvgIpc) is 2.84. The molecule has 1 aromatic carbocycles. The van der Waals surface area contributed by atoms with Crippen LogP contribution in [0.2, 0.25) is 0 Å². The van der Waals surface area contributed by atoms with E-state index in [2.05, 4.69) is 20.8 Å². The first-order valence-electron chi connectivity index (χ1n) is 6.31. The second-order valence-corrected chi connectivity index (χ2v) is 5.74. The summed E-state index contributed by atoms with van der Waals surface area (Å²) in [6.07, 6.45) is 1.59. The summed E-state index contributed by atoms with van der Waals surface area (Å²) in [5.41, 5.74) is 0.766. The number of hydrogen-bond donors (Lipinski definition) is 1. The number of halogens is 1. The summed E-state index contributed by atoms with van der Waals surface area (Å²) in [7, 11) is 0. The zero-order valence-corrected chi connectivity index (χ0v) is 11.9. The van der Waals surface area contributed by atoms with Gasteiger partial charge >= 0.3 is 0 Å². The summed E-state index contributed by atoms with van der Waals surface area (Å²) < 4.78 is 0.940. The molecular weight excluding hydrogens is 294 g/mol. The van der Waals surface area contributed by atoms with Gasteiger partial charge in [-0.05, 0) is 31.0 Å². The van der Waals surface area contributed by atoms with Crippen molar-refractivity contribution in [3.63, 3.8) is 0 Å². The molecule has 1 N–H and O–H groups in total. The van der Waals surface area contributed by atoms with E-state index in [-0.39, 0.29) is 12.4 Å². The summed E-state index contributed by atoms with van der Waals surface area (Å²) >= 11 is 3.37. The minimum atomic E-state index is 0.184. The van der Waals surface area contributed by atoms with Crippen molar-refractivity contribution >= 4 is 21.7 Å². The molecular formula is C14H18BrNO2. The van der Waals surface area contributed by atoms with E-state index in [1.54, 1.807) is 0 Å². The molecule has 4 heteroatoms. The number of Topliss-reactive ketones (excluding diaryl/α,β-unsaturated/α-hetero) is 1. The molecule has 0 radical (unpaired) electrons. The molecule has 2 rings (SSSR count). The van der Waals surface area contributed by atoms with Gasteiger partial charge in [0.15, 0.2) is 5.78 Å². The van der Waals surface area contributed by atoms with Gasteiger partial charge in [0.2, 0.25) is 0 Å². The molecule has 1 unspecified atom stereocenters. The Bertz CT molecular complexity index is 422. The zero-order valence-electron chi connectivity index (χ0n) is 10.3. The molecule has 0 aliphatic carbocycles. The molecule has 3 nitrogen and oxygen atoms in total. The van der Waals surface area contributed by atoms with Crippen LogP contribution in [0, 0.1) is 5.92 Å². The normalized spacial score (nSPS) is 20.2. The molecule has 18 heavy (non-hydrogen) atoms. The molecule has 0 amide bonds. The van der Waals surface area contributed by atoms with E-state index in [0.29, 0.717) is 12.3 Å². The second-order valence-electron chi connectivity index (χ2n) is 4.82. The number of likely N-dealkylation sites (tertiary alicyclic amines) is 1. The Balaban J connectivity index is 1.82. The number of aliphatic hydroxyl groups is 1. The maximum absolute atomic E-state index is 12.0.